The molecule has 0 radical (unpaired) electrons. The third-order valence-electron chi connectivity index (χ3n) is 3.55. The van der Waals surface area contributed by atoms with E-state index < -0.39 is 11.4 Å². The zero-order valence-electron chi connectivity index (χ0n) is 11.7. The summed E-state index contributed by atoms with van der Waals surface area (Å²) in [5, 5.41) is 14.7. The zero-order chi connectivity index (χ0) is 14.3. The summed E-state index contributed by atoms with van der Waals surface area (Å²) in [5.74, 6) is -0.812. The van der Waals surface area contributed by atoms with E-state index >= 15 is 0 Å². The number of hydrogen-bond acceptors (Lipinski definition) is 3. The molecule has 0 spiro atoms. The number of carbonyl (C=O) groups is 2. The second-order valence-electron chi connectivity index (χ2n) is 5.18. The maximum atomic E-state index is 11.7. The fourth-order valence-electron chi connectivity index (χ4n) is 2.38. The molecule has 0 aromatic rings. The van der Waals surface area contributed by atoms with Crippen LogP contribution in [0, 0.1) is 5.41 Å². The third-order valence-corrected chi connectivity index (χ3v) is 3.55. The van der Waals surface area contributed by atoms with Gasteiger partial charge in [0.1, 0.15) is 0 Å². The Bertz CT molecular complexity index is 314. The number of hydrogen-bond donors (Lipinski definition) is 3. The van der Waals surface area contributed by atoms with Crippen LogP contribution >= 0.6 is 0 Å². The number of carboxylic acids is 1. The minimum Gasteiger partial charge on any atom is -0.481 e. The number of rotatable bonds is 7. The van der Waals surface area contributed by atoms with Gasteiger partial charge in [-0.05, 0) is 26.7 Å². The fourth-order valence-corrected chi connectivity index (χ4v) is 2.38. The SMILES string of the molecule is CCOCC(C)NC(=O)NCC1(C(=O)O)CCCC1. The molecule has 6 nitrogen and oxygen atoms in total. The van der Waals surface area contributed by atoms with Gasteiger partial charge >= 0.3 is 12.0 Å². The molecule has 1 aliphatic rings. The average molecular weight is 272 g/mol. The lowest BCUT2D eigenvalue weighted by Crippen LogP contribution is -2.48. The van der Waals surface area contributed by atoms with Crippen LogP contribution in [-0.4, -0.2) is 42.9 Å². The number of ether oxygens (including phenoxy) is 1. The Morgan fingerprint density at radius 3 is 2.53 bits per heavy atom. The largest absolute Gasteiger partial charge is 0.481 e. The molecule has 0 aromatic heterocycles. The van der Waals surface area contributed by atoms with Gasteiger partial charge in [0.05, 0.1) is 18.1 Å². The topological polar surface area (TPSA) is 87.7 Å². The van der Waals surface area contributed by atoms with E-state index in [9.17, 15) is 14.7 Å². The summed E-state index contributed by atoms with van der Waals surface area (Å²) >= 11 is 0. The Hall–Kier alpha value is -1.30. The van der Waals surface area contributed by atoms with E-state index in [0.29, 0.717) is 26.1 Å². The lowest BCUT2D eigenvalue weighted by Gasteiger charge is -2.24. The van der Waals surface area contributed by atoms with Gasteiger partial charge in [0.2, 0.25) is 0 Å². The highest BCUT2D eigenvalue weighted by Crippen LogP contribution is 2.37. The number of urea groups is 1. The molecule has 0 saturated heterocycles. The van der Waals surface area contributed by atoms with E-state index in [1.165, 1.54) is 0 Å². The van der Waals surface area contributed by atoms with Crippen LogP contribution in [0.25, 0.3) is 0 Å². The smallest absolute Gasteiger partial charge is 0.315 e. The molecule has 0 heterocycles. The summed E-state index contributed by atoms with van der Waals surface area (Å²) in [6, 6.07) is -0.427. The minimum atomic E-state index is -0.812. The number of nitrogens with one attached hydrogen (secondary N) is 2. The Morgan fingerprint density at radius 1 is 1.37 bits per heavy atom. The van der Waals surface area contributed by atoms with Crippen molar-refractivity contribution in [3.63, 3.8) is 0 Å². The highest BCUT2D eigenvalue weighted by Gasteiger charge is 2.41. The van der Waals surface area contributed by atoms with Gasteiger partial charge in [-0.1, -0.05) is 12.8 Å². The van der Waals surface area contributed by atoms with E-state index in [-0.39, 0.29) is 18.6 Å². The molecule has 110 valence electrons. The first kappa shape index (κ1) is 15.8. The third kappa shape index (κ3) is 4.70. The summed E-state index contributed by atoms with van der Waals surface area (Å²) in [6.07, 6.45) is 3.10. The Morgan fingerprint density at radius 2 is 2.00 bits per heavy atom. The Labute approximate surface area is 113 Å². The molecule has 0 aliphatic heterocycles. The number of aliphatic carboxylic acids is 1. The van der Waals surface area contributed by atoms with Crippen molar-refractivity contribution in [1.29, 1.82) is 0 Å². The maximum Gasteiger partial charge on any atom is 0.315 e. The summed E-state index contributed by atoms with van der Waals surface area (Å²) in [7, 11) is 0. The lowest BCUT2D eigenvalue weighted by atomic mass is 9.86. The molecule has 0 bridgehead atoms. The van der Waals surface area contributed by atoms with Gasteiger partial charge in [-0.3, -0.25) is 4.79 Å². The first-order valence-corrected chi connectivity index (χ1v) is 6.85. The van der Waals surface area contributed by atoms with Gasteiger partial charge in [-0.2, -0.15) is 0 Å². The van der Waals surface area contributed by atoms with Gasteiger partial charge in [-0.25, -0.2) is 4.79 Å². The van der Waals surface area contributed by atoms with Gasteiger partial charge in [0.15, 0.2) is 0 Å². The van der Waals surface area contributed by atoms with Crippen molar-refractivity contribution in [3.8, 4) is 0 Å². The molecule has 1 saturated carbocycles. The molecule has 3 N–H and O–H groups in total. The van der Waals surface area contributed by atoms with Gasteiger partial charge in [-0.15, -0.1) is 0 Å². The van der Waals surface area contributed by atoms with Gasteiger partial charge in [0.25, 0.3) is 0 Å². The molecule has 1 atom stereocenters. The van der Waals surface area contributed by atoms with E-state index in [0.717, 1.165) is 12.8 Å². The van der Waals surface area contributed by atoms with Crippen LogP contribution in [0.4, 0.5) is 4.79 Å². The van der Waals surface area contributed by atoms with Crippen LogP contribution in [0.1, 0.15) is 39.5 Å². The quantitative estimate of drug-likeness (QED) is 0.653. The van der Waals surface area contributed by atoms with Crippen molar-refractivity contribution in [3.05, 3.63) is 0 Å². The molecule has 1 fully saturated rings. The fraction of sp³-hybridized carbons (Fsp3) is 0.846. The monoisotopic (exact) mass is 272 g/mol. The summed E-state index contributed by atoms with van der Waals surface area (Å²) in [6.45, 7) is 4.99. The Balaban J connectivity index is 2.34. The maximum absolute atomic E-state index is 11.7. The minimum absolute atomic E-state index is 0.0932. The van der Waals surface area contributed by atoms with Crippen LogP contribution in [0.5, 0.6) is 0 Å². The normalized spacial score (nSPS) is 18.8. The van der Waals surface area contributed by atoms with Crippen LogP contribution in [-0.2, 0) is 9.53 Å². The first-order valence-electron chi connectivity index (χ1n) is 6.85. The van der Waals surface area contributed by atoms with E-state index in [1.807, 2.05) is 13.8 Å². The average Bonchev–Trinajstić information content (AvgIpc) is 2.84. The summed E-state index contributed by atoms with van der Waals surface area (Å²) in [5.41, 5.74) is -0.777. The Kier molecular flexibility index (Phi) is 6.08. The van der Waals surface area contributed by atoms with Crippen molar-refractivity contribution >= 4 is 12.0 Å². The van der Waals surface area contributed by atoms with Gasteiger partial charge < -0.3 is 20.5 Å². The first-order chi connectivity index (χ1) is 9.00. The standard InChI is InChI=1S/C13H24N2O4/c1-3-19-8-10(2)15-12(18)14-9-13(11(16)17)6-4-5-7-13/h10H,3-9H2,1-2H3,(H,16,17)(H2,14,15,18). The number of amides is 2. The second-order valence-corrected chi connectivity index (χ2v) is 5.18. The molecule has 6 heteroatoms. The molecular formula is C13H24N2O4. The second kappa shape index (κ2) is 7.33. The molecule has 1 unspecified atom stereocenters. The lowest BCUT2D eigenvalue weighted by molar-refractivity contribution is -0.148. The van der Waals surface area contributed by atoms with Crippen molar-refractivity contribution in [1.82, 2.24) is 10.6 Å². The van der Waals surface area contributed by atoms with E-state index in [1.54, 1.807) is 0 Å². The molecule has 1 aliphatic carbocycles. The molecule has 2 amide bonds. The summed E-state index contributed by atoms with van der Waals surface area (Å²) < 4.78 is 5.20. The van der Waals surface area contributed by atoms with Gasteiger partial charge in [0, 0.05) is 13.2 Å². The predicted molar refractivity (Wildman–Crippen MR) is 71.0 cm³/mol. The van der Waals surface area contributed by atoms with Crippen molar-refractivity contribution in [2.24, 2.45) is 5.41 Å². The summed E-state index contributed by atoms with van der Waals surface area (Å²) in [4.78, 5) is 23.0. The van der Waals surface area contributed by atoms with Crippen LogP contribution in [0.15, 0.2) is 0 Å². The highest BCUT2D eigenvalue weighted by atomic mass is 16.5. The molecule has 0 aromatic carbocycles. The van der Waals surface area contributed by atoms with E-state index in [2.05, 4.69) is 10.6 Å². The number of carbonyl (C=O) groups excluding carboxylic acids is 1. The predicted octanol–water partition coefficient (Wildman–Crippen LogP) is 1.36. The van der Waals surface area contributed by atoms with Crippen molar-refractivity contribution < 1.29 is 19.4 Å². The van der Waals surface area contributed by atoms with E-state index in [4.69, 9.17) is 4.74 Å². The van der Waals surface area contributed by atoms with Crippen molar-refractivity contribution in [2.75, 3.05) is 19.8 Å². The van der Waals surface area contributed by atoms with Crippen molar-refractivity contribution in [2.45, 2.75) is 45.6 Å². The zero-order valence-corrected chi connectivity index (χ0v) is 11.7. The molecule has 1 rings (SSSR count). The van der Waals surface area contributed by atoms with Crippen LogP contribution < -0.4 is 10.6 Å². The number of carboxylic acid groups (broad SMARTS) is 1. The molecule has 19 heavy (non-hydrogen) atoms. The highest BCUT2D eigenvalue weighted by molar-refractivity contribution is 5.78. The molecular weight excluding hydrogens is 248 g/mol. The van der Waals surface area contributed by atoms with Crippen LogP contribution in [0.3, 0.4) is 0 Å². The van der Waals surface area contributed by atoms with Crippen LogP contribution in [0.2, 0.25) is 0 Å².